The van der Waals surface area contributed by atoms with Crippen molar-refractivity contribution < 1.29 is 14.7 Å². The Hall–Kier alpha value is -1.59. The Morgan fingerprint density at radius 2 is 1.78 bits per heavy atom. The van der Waals surface area contributed by atoms with Gasteiger partial charge < -0.3 is 15.7 Å². The van der Waals surface area contributed by atoms with Crippen molar-refractivity contribution >= 4 is 29.1 Å². The fourth-order valence-electron chi connectivity index (χ4n) is 3.06. The van der Waals surface area contributed by atoms with Crippen LogP contribution in [0.4, 0.5) is 5.69 Å². The molecule has 0 bridgehead atoms. The van der Waals surface area contributed by atoms with Crippen molar-refractivity contribution in [2.24, 2.45) is 5.92 Å². The Morgan fingerprint density at radius 1 is 1.13 bits per heavy atom. The quantitative estimate of drug-likeness (QED) is 0.722. The summed E-state index contributed by atoms with van der Waals surface area (Å²) in [7, 11) is 0. The lowest BCUT2D eigenvalue weighted by atomic mass is 9.82. The predicted molar refractivity (Wildman–Crippen MR) is 90.3 cm³/mol. The summed E-state index contributed by atoms with van der Waals surface area (Å²) in [6.45, 7) is 0.000248. The van der Waals surface area contributed by atoms with Crippen molar-refractivity contribution in [3.63, 3.8) is 0 Å². The van der Waals surface area contributed by atoms with Crippen molar-refractivity contribution in [2.45, 2.75) is 44.6 Å². The fraction of sp³-hybridized carbons (Fsp3) is 0.529. The van der Waals surface area contributed by atoms with E-state index in [2.05, 4.69) is 10.6 Å². The molecule has 1 atom stereocenters. The van der Waals surface area contributed by atoms with Crippen LogP contribution in [0.1, 0.15) is 38.5 Å². The standard InChI is InChI=1S/C17H23ClN2O3/c18-13-6-8-14(9-7-13)19-16(22)17(23)20-15(10-11-21)12-4-2-1-3-5-12/h6-9,12,15,21H,1-5,10-11H2,(H,19,22)(H,20,23). The summed E-state index contributed by atoms with van der Waals surface area (Å²) in [4.78, 5) is 24.1. The van der Waals surface area contributed by atoms with Crippen LogP contribution in [0.5, 0.6) is 0 Å². The van der Waals surface area contributed by atoms with Crippen molar-refractivity contribution in [1.82, 2.24) is 5.32 Å². The molecule has 1 unspecified atom stereocenters. The van der Waals surface area contributed by atoms with E-state index in [1.807, 2.05) is 0 Å². The van der Waals surface area contributed by atoms with E-state index >= 15 is 0 Å². The highest BCUT2D eigenvalue weighted by Gasteiger charge is 2.26. The lowest BCUT2D eigenvalue weighted by Crippen LogP contribution is -2.46. The van der Waals surface area contributed by atoms with Crippen LogP contribution in [0.15, 0.2) is 24.3 Å². The second-order valence-electron chi connectivity index (χ2n) is 5.95. The van der Waals surface area contributed by atoms with Crippen LogP contribution in [0.3, 0.4) is 0 Å². The lowest BCUT2D eigenvalue weighted by molar-refractivity contribution is -0.137. The van der Waals surface area contributed by atoms with Gasteiger partial charge in [-0.1, -0.05) is 30.9 Å². The maximum Gasteiger partial charge on any atom is 0.313 e. The summed E-state index contributed by atoms with van der Waals surface area (Å²) >= 11 is 5.78. The van der Waals surface area contributed by atoms with Gasteiger partial charge in [-0.25, -0.2) is 0 Å². The van der Waals surface area contributed by atoms with Gasteiger partial charge in [-0.15, -0.1) is 0 Å². The van der Waals surface area contributed by atoms with Gasteiger partial charge in [0.1, 0.15) is 0 Å². The monoisotopic (exact) mass is 338 g/mol. The van der Waals surface area contributed by atoms with Crippen LogP contribution in [-0.4, -0.2) is 29.6 Å². The summed E-state index contributed by atoms with van der Waals surface area (Å²) in [5, 5.41) is 15.1. The molecule has 1 aromatic carbocycles. The number of carbonyl (C=O) groups is 2. The molecular weight excluding hydrogens is 316 g/mol. The van der Waals surface area contributed by atoms with Crippen LogP contribution in [0.2, 0.25) is 5.02 Å². The van der Waals surface area contributed by atoms with Gasteiger partial charge in [-0.05, 0) is 49.4 Å². The molecule has 0 aliphatic heterocycles. The molecule has 0 spiro atoms. The molecule has 3 N–H and O–H groups in total. The van der Waals surface area contributed by atoms with Crippen molar-refractivity contribution in [3.8, 4) is 0 Å². The van der Waals surface area contributed by atoms with Gasteiger partial charge in [0.15, 0.2) is 0 Å². The second kappa shape index (κ2) is 8.89. The number of aliphatic hydroxyl groups is 1. The van der Waals surface area contributed by atoms with Gasteiger partial charge >= 0.3 is 11.8 Å². The third-order valence-corrected chi connectivity index (χ3v) is 4.54. The van der Waals surface area contributed by atoms with Crippen LogP contribution >= 0.6 is 11.6 Å². The highest BCUT2D eigenvalue weighted by Crippen LogP contribution is 2.27. The molecule has 6 heteroatoms. The summed E-state index contributed by atoms with van der Waals surface area (Å²) < 4.78 is 0. The number of anilines is 1. The van der Waals surface area contributed by atoms with Crippen LogP contribution in [0, 0.1) is 5.92 Å². The summed E-state index contributed by atoms with van der Waals surface area (Å²) in [6.07, 6.45) is 6.03. The summed E-state index contributed by atoms with van der Waals surface area (Å²) in [5.74, 6) is -1.03. The third kappa shape index (κ3) is 5.52. The average molecular weight is 339 g/mol. The van der Waals surface area contributed by atoms with Gasteiger partial charge in [0.25, 0.3) is 0 Å². The molecule has 126 valence electrons. The molecule has 1 fully saturated rings. The number of halogens is 1. The van der Waals surface area contributed by atoms with Crippen molar-refractivity contribution in [2.75, 3.05) is 11.9 Å². The van der Waals surface area contributed by atoms with Crippen molar-refractivity contribution in [3.05, 3.63) is 29.3 Å². The smallest absolute Gasteiger partial charge is 0.313 e. The molecule has 23 heavy (non-hydrogen) atoms. The number of hydrogen-bond donors (Lipinski definition) is 3. The first kappa shape index (κ1) is 17.8. The van der Waals surface area contributed by atoms with Gasteiger partial charge in [0, 0.05) is 23.4 Å². The minimum absolute atomic E-state index is 0.000248. The Bertz CT molecular complexity index is 527. The molecule has 0 aromatic heterocycles. The van der Waals surface area contributed by atoms with Gasteiger partial charge in [-0.2, -0.15) is 0 Å². The van der Waals surface area contributed by atoms with E-state index in [0.717, 1.165) is 25.7 Å². The largest absolute Gasteiger partial charge is 0.396 e. The van der Waals surface area contributed by atoms with Crippen LogP contribution in [0.25, 0.3) is 0 Å². The Morgan fingerprint density at radius 3 is 2.39 bits per heavy atom. The highest BCUT2D eigenvalue weighted by molar-refractivity contribution is 6.39. The number of benzene rings is 1. The minimum Gasteiger partial charge on any atom is -0.396 e. The minimum atomic E-state index is -0.703. The molecular formula is C17H23ClN2O3. The average Bonchev–Trinajstić information content (AvgIpc) is 2.57. The Balaban J connectivity index is 1.91. The highest BCUT2D eigenvalue weighted by atomic mass is 35.5. The number of aliphatic hydroxyl groups excluding tert-OH is 1. The summed E-state index contributed by atoms with van der Waals surface area (Å²) in [5.41, 5.74) is 0.519. The molecule has 0 radical (unpaired) electrons. The number of carbonyl (C=O) groups excluding carboxylic acids is 2. The number of nitrogens with one attached hydrogen (secondary N) is 2. The first-order chi connectivity index (χ1) is 11.1. The lowest BCUT2D eigenvalue weighted by Gasteiger charge is -2.30. The van der Waals surface area contributed by atoms with E-state index in [4.69, 9.17) is 11.6 Å². The number of rotatable bonds is 5. The van der Waals surface area contributed by atoms with E-state index in [9.17, 15) is 14.7 Å². The van der Waals surface area contributed by atoms with E-state index in [0.29, 0.717) is 23.0 Å². The van der Waals surface area contributed by atoms with Gasteiger partial charge in [0.2, 0.25) is 0 Å². The van der Waals surface area contributed by atoms with Crippen LogP contribution < -0.4 is 10.6 Å². The first-order valence-electron chi connectivity index (χ1n) is 8.08. The molecule has 0 saturated heterocycles. The first-order valence-corrected chi connectivity index (χ1v) is 8.46. The fourth-order valence-corrected chi connectivity index (χ4v) is 3.18. The Kier molecular flexibility index (Phi) is 6.86. The summed E-state index contributed by atoms with van der Waals surface area (Å²) in [6, 6.07) is 6.42. The zero-order chi connectivity index (χ0) is 16.7. The molecule has 1 saturated carbocycles. The number of hydrogen-bond acceptors (Lipinski definition) is 3. The zero-order valence-electron chi connectivity index (χ0n) is 13.1. The molecule has 1 aliphatic rings. The molecule has 1 aliphatic carbocycles. The van der Waals surface area contributed by atoms with Gasteiger partial charge in [-0.3, -0.25) is 9.59 Å². The normalized spacial score (nSPS) is 16.6. The van der Waals surface area contributed by atoms with Gasteiger partial charge in [0.05, 0.1) is 0 Å². The SMILES string of the molecule is O=C(Nc1ccc(Cl)cc1)C(=O)NC(CCO)C1CCCCC1. The molecule has 2 rings (SSSR count). The van der Waals surface area contributed by atoms with E-state index in [-0.39, 0.29) is 12.6 Å². The van der Waals surface area contributed by atoms with Crippen molar-refractivity contribution in [1.29, 1.82) is 0 Å². The topological polar surface area (TPSA) is 78.4 Å². The zero-order valence-corrected chi connectivity index (χ0v) is 13.8. The maximum atomic E-state index is 12.1. The molecule has 1 aromatic rings. The molecule has 0 heterocycles. The van der Waals surface area contributed by atoms with E-state index in [1.165, 1.54) is 6.42 Å². The van der Waals surface area contributed by atoms with Crippen LogP contribution in [-0.2, 0) is 9.59 Å². The Labute approximate surface area is 141 Å². The predicted octanol–water partition coefficient (Wildman–Crippen LogP) is 2.73. The van der Waals surface area contributed by atoms with E-state index in [1.54, 1.807) is 24.3 Å². The molecule has 2 amide bonds. The second-order valence-corrected chi connectivity index (χ2v) is 6.39. The molecule has 5 nitrogen and oxygen atoms in total. The number of amides is 2. The third-order valence-electron chi connectivity index (χ3n) is 4.28. The van der Waals surface area contributed by atoms with E-state index < -0.39 is 11.8 Å². The maximum absolute atomic E-state index is 12.1.